The SMILES string of the molecule is C=CCOC(=O)C(=S)C(CC=C)(CC=C)C(=O)OCC=C. The molecular weight excluding hydrogens is 288 g/mol. The van der Waals surface area contributed by atoms with E-state index in [0.717, 1.165) is 0 Å². The smallest absolute Gasteiger partial charge is 0.346 e. The van der Waals surface area contributed by atoms with E-state index in [0.29, 0.717) is 0 Å². The van der Waals surface area contributed by atoms with Crippen LogP contribution in [-0.4, -0.2) is 30.0 Å². The minimum atomic E-state index is -1.33. The summed E-state index contributed by atoms with van der Waals surface area (Å²) in [6.07, 6.45) is 6.16. The number of rotatable bonds is 11. The third-order valence-electron chi connectivity index (χ3n) is 2.66. The van der Waals surface area contributed by atoms with Crippen molar-refractivity contribution in [2.75, 3.05) is 13.2 Å². The van der Waals surface area contributed by atoms with E-state index in [9.17, 15) is 9.59 Å². The average Bonchev–Trinajstić information content (AvgIpc) is 2.48. The van der Waals surface area contributed by atoms with Crippen LogP contribution in [-0.2, 0) is 19.1 Å². The van der Waals surface area contributed by atoms with E-state index in [1.165, 1.54) is 24.3 Å². The van der Waals surface area contributed by atoms with Crippen molar-refractivity contribution in [1.29, 1.82) is 0 Å². The number of carbonyl (C=O) groups excluding carboxylic acids is 2. The van der Waals surface area contributed by atoms with Crippen LogP contribution in [0.2, 0.25) is 0 Å². The topological polar surface area (TPSA) is 52.6 Å². The van der Waals surface area contributed by atoms with Crippen LogP contribution in [0.15, 0.2) is 50.6 Å². The fourth-order valence-electron chi connectivity index (χ4n) is 1.69. The van der Waals surface area contributed by atoms with Gasteiger partial charge in [0.15, 0.2) is 0 Å². The van der Waals surface area contributed by atoms with E-state index in [-0.39, 0.29) is 30.9 Å². The lowest BCUT2D eigenvalue weighted by Crippen LogP contribution is -2.43. The van der Waals surface area contributed by atoms with Crippen LogP contribution in [0.4, 0.5) is 0 Å². The van der Waals surface area contributed by atoms with E-state index in [1.807, 2.05) is 0 Å². The summed E-state index contributed by atoms with van der Waals surface area (Å²) < 4.78 is 9.98. The van der Waals surface area contributed by atoms with Crippen molar-refractivity contribution in [3.63, 3.8) is 0 Å². The predicted octanol–water partition coefficient (Wildman–Crippen LogP) is 2.95. The van der Waals surface area contributed by atoms with Crippen molar-refractivity contribution in [2.24, 2.45) is 5.41 Å². The molecule has 0 radical (unpaired) electrons. The van der Waals surface area contributed by atoms with Crippen LogP contribution >= 0.6 is 12.2 Å². The number of hydrogen-bond donors (Lipinski definition) is 0. The molecule has 0 aromatic carbocycles. The Hall–Kier alpha value is -2.01. The molecule has 0 amide bonds. The van der Waals surface area contributed by atoms with Gasteiger partial charge in [-0.1, -0.05) is 49.7 Å². The lowest BCUT2D eigenvalue weighted by Gasteiger charge is -2.29. The minimum Gasteiger partial charge on any atom is -0.461 e. The highest BCUT2D eigenvalue weighted by Crippen LogP contribution is 2.32. The Morgan fingerprint density at radius 3 is 1.81 bits per heavy atom. The first-order valence-corrected chi connectivity index (χ1v) is 6.73. The second-order valence-corrected chi connectivity index (χ2v) is 4.58. The summed E-state index contributed by atoms with van der Waals surface area (Å²) in [5, 5.41) is 0. The van der Waals surface area contributed by atoms with Gasteiger partial charge < -0.3 is 9.47 Å². The molecule has 0 atom stereocenters. The van der Waals surface area contributed by atoms with Crippen molar-refractivity contribution in [3.05, 3.63) is 50.6 Å². The highest BCUT2D eigenvalue weighted by Gasteiger charge is 2.45. The molecule has 0 aliphatic rings. The molecule has 0 N–H and O–H groups in total. The molecule has 0 bridgehead atoms. The maximum atomic E-state index is 12.3. The van der Waals surface area contributed by atoms with Crippen molar-refractivity contribution >= 4 is 29.0 Å². The van der Waals surface area contributed by atoms with Crippen LogP contribution in [0, 0.1) is 5.41 Å². The molecular formula is C16H20O4S. The normalized spacial score (nSPS) is 10.1. The summed E-state index contributed by atoms with van der Waals surface area (Å²) in [7, 11) is 0. The summed E-state index contributed by atoms with van der Waals surface area (Å²) in [5.41, 5.74) is -1.33. The fraction of sp³-hybridized carbons (Fsp3) is 0.312. The largest absolute Gasteiger partial charge is 0.461 e. The minimum absolute atomic E-state index is 0.0128. The zero-order chi connectivity index (χ0) is 16.3. The monoisotopic (exact) mass is 308 g/mol. The standard InChI is InChI=1S/C16H20O4S/c1-5-9-16(10-6-2,15(18)20-12-8-4)13(21)14(17)19-11-7-3/h5-8H,1-4,9-12H2. The van der Waals surface area contributed by atoms with Gasteiger partial charge in [-0.05, 0) is 12.8 Å². The number of esters is 2. The summed E-state index contributed by atoms with van der Waals surface area (Å²) in [6.45, 7) is 14.2. The van der Waals surface area contributed by atoms with Gasteiger partial charge in [-0.2, -0.15) is 0 Å². The summed E-state index contributed by atoms with van der Waals surface area (Å²) in [4.78, 5) is 24.2. The van der Waals surface area contributed by atoms with Gasteiger partial charge in [0.05, 0.1) is 0 Å². The lowest BCUT2D eigenvalue weighted by molar-refractivity contribution is -0.151. The number of thiocarbonyl (C=S) groups is 1. The van der Waals surface area contributed by atoms with Gasteiger partial charge in [0, 0.05) is 0 Å². The van der Waals surface area contributed by atoms with Gasteiger partial charge in [-0.15, -0.1) is 13.2 Å². The van der Waals surface area contributed by atoms with Crippen LogP contribution < -0.4 is 0 Å². The van der Waals surface area contributed by atoms with Crippen molar-refractivity contribution < 1.29 is 19.1 Å². The number of hydrogen-bond acceptors (Lipinski definition) is 5. The van der Waals surface area contributed by atoms with E-state index in [4.69, 9.17) is 21.7 Å². The molecule has 0 aliphatic carbocycles. The number of carbonyl (C=O) groups is 2. The van der Waals surface area contributed by atoms with Gasteiger partial charge in [-0.3, -0.25) is 4.79 Å². The fourth-order valence-corrected chi connectivity index (χ4v) is 2.00. The Balaban J connectivity index is 5.47. The molecule has 4 nitrogen and oxygen atoms in total. The van der Waals surface area contributed by atoms with E-state index >= 15 is 0 Å². The number of allylic oxidation sites excluding steroid dienone is 2. The Morgan fingerprint density at radius 1 is 0.905 bits per heavy atom. The first kappa shape index (κ1) is 19.0. The molecule has 0 heterocycles. The third kappa shape index (κ3) is 5.11. The molecule has 0 fully saturated rings. The molecule has 0 spiro atoms. The molecule has 0 saturated carbocycles. The van der Waals surface area contributed by atoms with E-state index < -0.39 is 17.4 Å². The molecule has 114 valence electrons. The molecule has 0 aliphatic heterocycles. The quantitative estimate of drug-likeness (QED) is 0.334. The van der Waals surface area contributed by atoms with Gasteiger partial charge in [-0.25, -0.2) is 4.79 Å². The zero-order valence-corrected chi connectivity index (χ0v) is 12.8. The Kier molecular flexibility index (Phi) is 8.88. The van der Waals surface area contributed by atoms with Crippen molar-refractivity contribution in [2.45, 2.75) is 12.8 Å². The van der Waals surface area contributed by atoms with Gasteiger partial charge >= 0.3 is 11.9 Å². The predicted molar refractivity (Wildman–Crippen MR) is 87.0 cm³/mol. The van der Waals surface area contributed by atoms with Gasteiger partial charge in [0.25, 0.3) is 0 Å². The molecule has 21 heavy (non-hydrogen) atoms. The molecule has 0 saturated heterocycles. The zero-order valence-electron chi connectivity index (χ0n) is 12.0. The third-order valence-corrected chi connectivity index (χ3v) is 3.22. The first-order valence-electron chi connectivity index (χ1n) is 6.32. The molecule has 0 aromatic rings. The Bertz CT molecular complexity index is 441. The van der Waals surface area contributed by atoms with E-state index in [2.05, 4.69) is 26.3 Å². The maximum Gasteiger partial charge on any atom is 0.346 e. The van der Waals surface area contributed by atoms with Crippen LogP contribution in [0.3, 0.4) is 0 Å². The lowest BCUT2D eigenvalue weighted by atomic mass is 9.77. The Labute approximate surface area is 130 Å². The van der Waals surface area contributed by atoms with Crippen LogP contribution in [0.5, 0.6) is 0 Å². The Morgan fingerprint density at radius 2 is 1.38 bits per heavy atom. The number of ether oxygens (including phenoxy) is 2. The second-order valence-electron chi connectivity index (χ2n) is 4.17. The molecule has 0 unspecified atom stereocenters. The molecule has 5 heteroatoms. The highest BCUT2D eigenvalue weighted by molar-refractivity contribution is 7.82. The summed E-state index contributed by atoms with van der Waals surface area (Å²) in [5.74, 6) is -1.37. The first-order chi connectivity index (χ1) is 9.99. The van der Waals surface area contributed by atoms with Gasteiger partial charge in [0.2, 0.25) is 0 Å². The average molecular weight is 308 g/mol. The molecule has 0 rings (SSSR count). The molecule has 0 aromatic heterocycles. The summed E-state index contributed by atoms with van der Waals surface area (Å²) in [6, 6.07) is 0. The maximum absolute atomic E-state index is 12.3. The van der Waals surface area contributed by atoms with E-state index in [1.54, 1.807) is 0 Å². The highest BCUT2D eigenvalue weighted by atomic mass is 32.1. The van der Waals surface area contributed by atoms with Crippen LogP contribution in [0.1, 0.15) is 12.8 Å². The van der Waals surface area contributed by atoms with Crippen molar-refractivity contribution in [1.82, 2.24) is 0 Å². The second kappa shape index (κ2) is 9.83. The van der Waals surface area contributed by atoms with Crippen LogP contribution in [0.25, 0.3) is 0 Å². The summed E-state index contributed by atoms with van der Waals surface area (Å²) >= 11 is 5.15. The van der Waals surface area contributed by atoms with Crippen molar-refractivity contribution in [3.8, 4) is 0 Å². The van der Waals surface area contributed by atoms with Gasteiger partial charge in [0.1, 0.15) is 23.5 Å².